The number of nitrogens with zero attached hydrogens (tertiary/aromatic N) is 1. The largest absolute Gasteiger partial charge is 0.504 e. The van der Waals surface area contributed by atoms with Crippen molar-refractivity contribution in [2.45, 2.75) is 52.4 Å². The molecule has 0 aromatic heterocycles. The van der Waals surface area contributed by atoms with Crippen LogP contribution in [0.1, 0.15) is 52.7 Å². The molecule has 1 N–H and O–H groups in total. The van der Waals surface area contributed by atoms with Crippen molar-refractivity contribution in [3.8, 4) is 11.5 Å². The summed E-state index contributed by atoms with van der Waals surface area (Å²) in [7, 11) is 1.97. The predicted molar refractivity (Wildman–Crippen MR) is 114 cm³/mol. The molecule has 4 heteroatoms. The van der Waals surface area contributed by atoms with Crippen molar-refractivity contribution in [2.75, 3.05) is 18.7 Å². The van der Waals surface area contributed by atoms with E-state index in [0.29, 0.717) is 12.5 Å². The molecule has 3 nitrogen and oxygen atoms in total. The molecular formula is C22H30BrNO2. The molecule has 142 valence electrons. The first kappa shape index (κ1) is 20.6. The molecule has 0 aliphatic carbocycles. The molecule has 0 radical (unpaired) electrons. The van der Waals surface area contributed by atoms with Crippen molar-refractivity contribution in [1.29, 1.82) is 0 Å². The quantitative estimate of drug-likeness (QED) is 0.596. The lowest BCUT2D eigenvalue weighted by molar-refractivity contribution is 0.298. The molecule has 0 aliphatic rings. The molecule has 0 saturated carbocycles. The van der Waals surface area contributed by atoms with Gasteiger partial charge >= 0.3 is 0 Å². The van der Waals surface area contributed by atoms with Gasteiger partial charge in [0.25, 0.3) is 0 Å². The van der Waals surface area contributed by atoms with Crippen LogP contribution in [0.15, 0.2) is 40.9 Å². The van der Waals surface area contributed by atoms with E-state index in [1.54, 1.807) is 0 Å². The summed E-state index contributed by atoms with van der Waals surface area (Å²) in [5, 5.41) is 10.8. The molecule has 26 heavy (non-hydrogen) atoms. The minimum Gasteiger partial charge on any atom is -0.504 e. The average molecular weight is 420 g/mol. The van der Waals surface area contributed by atoms with Gasteiger partial charge in [0, 0.05) is 22.8 Å². The van der Waals surface area contributed by atoms with E-state index in [2.05, 4.69) is 63.5 Å². The fourth-order valence-electron chi connectivity index (χ4n) is 2.66. The molecule has 2 aromatic carbocycles. The second-order valence-electron chi connectivity index (χ2n) is 8.82. The summed E-state index contributed by atoms with van der Waals surface area (Å²) < 4.78 is 7.06. The minimum absolute atomic E-state index is 0.0244. The number of phenolic OH excluding ortho intramolecular Hbond substituents is 1. The number of anilines is 1. The Balaban J connectivity index is 2.31. The summed E-state index contributed by atoms with van der Waals surface area (Å²) in [6, 6.07) is 12.1. The van der Waals surface area contributed by atoms with Crippen molar-refractivity contribution < 1.29 is 9.84 Å². The molecule has 0 unspecified atom stereocenters. The van der Waals surface area contributed by atoms with Crippen LogP contribution in [0.2, 0.25) is 0 Å². The zero-order valence-electron chi connectivity index (χ0n) is 16.9. The molecule has 0 heterocycles. The Labute approximate surface area is 166 Å². The fourth-order valence-corrected chi connectivity index (χ4v) is 2.92. The van der Waals surface area contributed by atoms with E-state index in [4.69, 9.17) is 4.74 Å². The van der Waals surface area contributed by atoms with Crippen LogP contribution in [0.3, 0.4) is 0 Å². The maximum atomic E-state index is 10.8. The standard InChI is InChI=1S/C22H30BrNO2/c1-21(2,3)15-12-18(22(4,5)6)20(25)19(13-15)26-14-24(7)17-10-8-16(23)9-11-17/h8-13,25H,14H2,1-7H3. The lowest BCUT2D eigenvalue weighted by Crippen LogP contribution is -2.24. The summed E-state index contributed by atoms with van der Waals surface area (Å²) in [6.07, 6.45) is 0. The Morgan fingerprint density at radius 1 is 0.962 bits per heavy atom. The van der Waals surface area contributed by atoms with Gasteiger partial charge in [-0.05, 0) is 46.7 Å². The Hall–Kier alpha value is -1.68. The van der Waals surface area contributed by atoms with Crippen LogP contribution in [-0.2, 0) is 10.8 Å². The van der Waals surface area contributed by atoms with E-state index in [9.17, 15) is 5.11 Å². The third kappa shape index (κ3) is 4.94. The topological polar surface area (TPSA) is 32.7 Å². The Morgan fingerprint density at radius 3 is 2.04 bits per heavy atom. The zero-order valence-corrected chi connectivity index (χ0v) is 18.4. The molecule has 0 bridgehead atoms. The van der Waals surface area contributed by atoms with Gasteiger partial charge in [-0.25, -0.2) is 0 Å². The van der Waals surface area contributed by atoms with Gasteiger partial charge in [-0.3, -0.25) is 0 Å². The van der Waals surface area contributed by atoms with Crippen LogP contribution in [0.4, 0.5) is 5.69 Å². The lowest BCUT2D eigenvalue weighted by Gasteiger charge is -2.28. The number of halogens is 1. The molecule has 2 aromatic rings. The van der Waals surface area contributed by atoms with E-state index in [0.717, 1.165) is 21.3 Å². The zero-order chi connectivity index (χ0) is 19.7. The molecule has 2 rings (SSSR count). The minimum atomic E-state index is -0.166. The second kappa shape index (κ2) is 7.51. The van der Waals surface area contributed by atoms with Gasteiger partial charge in [0.1, 0.15) is 0 Å². The summed E-state index contributed by atoms with van der Waals surface area (Å²) in [4.78, 5) is 2.01. The highest BCUT2D eigenvalue weighted by molar-refractivity contribution is 9.10. The van der Waals surface area contributed by atoms with Crippen molar-refractivity contribution in [2.24, 2.45) is 0 Å². The highest BCUT2D eigenvalue weighted by Gasteiger charge is 2.25. The van der Waals surface area contributed by atoms with Crippen LogP contribution in [0, 0.1) is 0 Å². The molecule has 0 aliphatic heterocycles. The highest BCUT2D eigenvalue weighted by atomic mass is 79.9. The summed E-state index contributed by atoms with van der Waals surface area (Å²) >= 11 is 3.45. The Morgan fingerprint density at radius 2 is 1.54 bits per heavy atom. The number of rotatable bonds is 4. The van der Waals surface area contributed by atoms with Crippen molar-refractivity contribution in [1.82, 2.24) is 0 Å². The van der Waals surface area contributed by atoms with E-state index >= 15 is 0 Å². The molecule has 0 saturated heterocycles. The van der Waals surface area contributed by atoms with Gasteiger partial charge < -0.3 is 14.7 Å². The van der Waals surface area contributed by atoms with Crippen LogP contribution in [-0.4, -0.2) is 18.9 Å². The first-order valence-corrected chi connectivity index (χ1v) is 9.66. The van der Waals surface area contributed by atoms with Gasteiger partial charge in [-0.2, -0.15) is 0 Å². The number of ether oxygens (including phenoxy) is 1. The maximum Gasteiger partial charge on any atom is 0.164 e. The second-order valence-corrected chi connectivity index (χ2v) is 9.73. The van der Waals surface area contributed by atoms with E-state index in [1.807, 2.05) is 42.3 Å². The molecular weight excluding hydrogens is 390 g/mol. The smallest absolute Gasteiger partial charge is 0.164 e. The van der Waals surface area contributed by atoms with Crippen molar-refractivity contribution in [3.63, 3.8) is 0 Å². The Bertz CT molecular complexity index is 755. The molecule has 0 fully saturated rings. The molecule has 0 amide bonds. The van der Waals surface area contributed by atoms with Crippen LogP contribution in [0.5, 0.6) is 11.5 Å². The van der Waals surface area contributed by atoms with E-state index < -0.39 is 0 Å². The normalized spacial score (nSPS) is 12.2. The number of hydrogen-bond donors (Lipinski definition) is 1. The van der Waals surface area contributed by atoms with Gasteiger partial charge in [-0.1, -0.05) is 63.5 Å². The molecule has 0 atom stereocenters. The fraction of sp³-hybridized carbons (Fsp3) is 0.455. The first-order valence-electron chi connectivity index (χ1n) is 8.87. The van der Waals surface area contributed by atoms with Crippen molar-refractivity contribution >= 4 is 21.6 Å². The van der Waals surface area contributed by atoms with Gasteiger partial charge in [0.15, 0.2) is 18.2 Å². The predicted octanol–water partition coefficient (Wildman–Crippen LogP) is 6.22. The summed E-state index contributed by atoms with van der Waals surface area (Å²) in [5.74, 6) is 0.765. The number of aromatic hydroxyl groups is 1. The average Bonchev–Trinajstić information content (AvgIpc) is 2.52. The number of phenols is 1. The van der Waals surface area contributed by atoms with Crippen LogP contribution >= 0.6 is 15.9 Å². The van der Waals surface area contributed by atoms with Crippen LogP contribution in [0.25, 0.3) is 0 Å². The van der Waals surface area contributed by atoms with Gasteiger partial charge in [0.2, 0.25) is 0 Å². The van der Waals surface area contributed by atoms with Gasteiger partial charge in [-0.15, -0.1) is 0 Å². The SMILES string of the molecule is CN(COc1cc(C(C)(C)C)cc(C(C)(C)C)c1O)c1ccc(Br)cc1. The van der Waals surface area contributed by atoms with E-state index in [-0.39, 0.29) is 16.6 Å². The highest BCUT2D eigenvalue weighted by Crippen LogP contribution is 2.41. The van der Waals surface area contributed by atoms with Crippen molar-refractivity contribution in [3.05, 3.63) is 52.0 Å². The van der Waals surface area contributed by atoms with Gasteiger partial charge in [0.05, 0.1) is 0 Å². The van der Waals surface area contributed by atoms with E-state index in [1.165, 1.54) is 0 Å². The number of benzene rings is 2. The Kier molecular flexibility index (Phi) is 5.96. The maximum absolute atomic E-state index is 10.8. The lowest BCUT2D eigenvalue weighted by atomic mass is 9.80. The third-order valence-electron chi connectivity index (χ3n) is 4.43. The summed E-state index contributed by atoms with van der Waals surface area (Å²) in [6.45, 7) is 13.2. The first-order chi connectivity index (χ1) is 11.9. The number of hydrogen-bond acceptors (Lipinski definition) is 3. The summed E-state index contributed by atoms with van der Waals surface area (Å²) in [5.41, 5.74) is 2.92. The monoisotopic (exact) mass is 419 g/mol. The third-order valence-corrected chi connectivity index (χ3v) is 4.96. The van der Waals surface area contributed by atoms with Crippen LogP contribution < -0.4 is 9.64 Å². The molecule has 0 spiro atoms.